The summed E-state index contributed by atoms with van der Waals surface area (Å²) in [6, 6.07) is 7.66. The van der Waals surface area contributed by atoms with Gasteiger partial charge in [-0.3, -0.25) is 4.99 Å². The minimum atomic E-state index is -3.28. The standard InChI is InChI=1S/C16H27ClN4O2S.HI/c1-6-18-15(19-12-16(2,3)20-24(5,22)23)21(4)11-13-8-7-9-14(17)10-13;/h7-10,20H,6,11-12H2,1-5H3,(H,18,19);1H. The SMILES string of the molecule is CCNC(=NCC(C)(C)NS(C)(=O)=O)N(C)Cc1cccc(Cl)c1.I. The van der Waals surface area contributed by atoms with E-state index in [9.17, 15) is 8.42 Å². The van der Waals surface area contributed by atoms with Crippen molar-refractivity contribution in [2.45, 2.75) is 32.9 Å². The average Bonchev–Trinajstić information content (AvgIpc) is 2.40. The second-order valence-electron chi connectivity index (χ2n) is 6.41. The van der Waals surface area contributed by atoms with Crippen LogP contribution in [0.5, 0.6) is 0 Å². The number of rotatable bonds is 7. The van der Waals surface area contributed by atoms with Gasteiger partial charge in [0, 0.05) is 30.7 Å². The van der Waals surface area contributed by atoms with Crippen LogP contribution in [0.3, 0.4) is 0 Å². The van der Waals surface area contributed by atoms with Crippen LogP contribution in [0.25, 0.3) is 0 Å². The summed E-state index contributed by atoms with van der Waals surface area (Å²) in [4.78, 5) is 6.54. The highest BCUT2D eigenvalue weighted by atomic mass is 127. The Morgan fingerprint density at radius 2 is 2.00 bits per heavy atom. The molecule has 1 rings (SSSR count). The summed E-state index contributed by atoms with van der Waals surface area (Å²) in [5, 5.41) is 3.91. The number of aliphatic imine (C=N–C) groups is 1. The molecule has 0 aliphatic heterocycles. The van der Waals surface area contributed by atoms with Gasteiger partial charge in [-0.15, -0.1) is 24.0 Å². The van der Waals surface area contributed by atoms with Crippen molar-refractivity contribution < 1.29 is 8.42 Å². The smallest absolute Gasteiger partial charge is 0.209 e. The highest BCUT2D eigenvalue weighted by Gasteiger charge is 2.22. The van der Waals surface area contributed by atoms with Crippen LogP contribution in [-0.4, -0.2) is 51.2 Å². The normalized spacial score (nSPS) is 12.5. The third kappa shape index (κ3) is 10.2. The van der Waals surface area contributed by atoms with E-state index in [1.807, 2.05) is 43.1 Å². The van der Waals surface area contributed by atoms with Crippen molar-refractivity contribution in [1.82, 2.24) is 14.9 Å². The van der Waals surface area contributed by atoms with Crippen molar-refractivity contribution in [2.75, 3.05) is 26.4 Å². The van der Waals surface area contributed by atoms with Gasteiger partial charge >= 0.3 is 0 Å². The van der Waals surface area contributed by atoms with E-state index in [0.29, 0.717) is 24.1 Å². The van der Waals surface area contributed by atoms with Crippen LogP contribution in [0.2, 0.25) is 5.02 Å². The first kappa shape index (κ1) is 24.4. The lowest BCUT2D eigenvalue weighted by Crippen LogP contribution is -2.46. The van der Waals surface area contributed by atoms with Crippen LogP contribution in [0.4, 0.5) is 0 Å². The van der Waals surface area contributed by atoms with E-state index in [2.05, 4.69) is 15.0 Å². The molecule has 1 aromatic carbocycles. The fourth-order valence-electron chi connectivity index (χ4n) is 2.26. The van der Waals surface area contributed by atoms with E-state index < -0.39 is 15.6 Å². The van der Waals surface area contributed by atoms with Crippen molar-refractivity contribution in [3.05, 3.63) is 34.9 Å². The second kappa shape index (κ2) is 10.5. The van der Waals surface area contributed by atoms with E-state index in [0.717, 1.165) is 18.4 Å². The number of nitrogens with one attached hydrogen (secondary N) is 2. The summed E-state index contributed by atoms with van der Waals surface area (Å²) in [7, 11) is -1.35. The molecule has 1 aromatic rings. The van der Waals surface area contributed by atoms with Gasteiger partial charge in [0.15, 0.2) is 5.96 Å². The van der Waals surface area contributed by atoms with Gasteiger partial charge in [-0.2, -0.15) is 0 Å². The molecule has 0 unspecified atom stereocenters. The molecule has 0 fully saturated rings. The van der Waals surface area contributed by atoms with E-state index in [4.69, 9.17) is 11.6 Å². The molecule has 0 aromatic heterocycles. The lowest BCUT2D eigenvalue weighted by molar-refractivity contribution is 0.446. The Labute approximate surface area is 173 Å². The molecule has 0 heterocycles. The minimum absolute atomic E-state index is 0. The highest BCUT2D eigenvalue weighted by molar-refractivity contribution is 14.0. The van der Waals surface area contributed by atoms with Crippen molar-refractivity contribution >= 4 is 51.6 Å². The second-order valence-corrected chi connectivity index (χ2v) is 8.60. The van der Waals surface area contributed by atoms with Gasteiger partial charge in [0.25, 0.3) is 0 Å². The molecule has 6 nitrogen and oxygen atoms in total. The summed E-state index contributed by atoms with van der Waals surface area (Å²) in [5.41, 5.74) is 0.412. The molecule has 25 heavy (non-hydrogen) atoms. The molecule has 9 heteroatoms. The summed E-state index contributed by atoms with van der Waals surface area (Å²) < 4.78 is 25.4. The molecule has 0 aliphatic carbocycles. The molecule has 0 amide bonds. The van der Waals surface area contributed by atoms with Gasteiger partial charge in [-0.25, -0.2) is 13.1 Å². The Morgan fingerprint density at radius 3 is 2.52 bits per heavy atom. The average molecular weight is 503 g/mol. The fourth-order valence-corrected chi connectivity index (χ4v) is 3.54. The van der Waals surface area contributed by atoms with E-state index in [1.54, 1.807) is 13.8 Å². The predicted octanol–water partition coefficient (Wildman–Crippen LogP) is 2.68. The number of hydrogen-bond donors (Lipinski definition) is 2. The Balaban J connectivity index is 0.00000576. The zero-order valence-electron chi connectivity index (χ0n) is 15.3. The van der Waals surface area contributed by atoms with Gasteiger partial charge in [-0.05, 0) is 38.5 Å². The molecule has 0 bridgehead atoms. The molecule has 0 spiro atoms. The van der Waals surface area contributed by atoms with Gasteiger partial charge < -0.3 is 10.2 Å². The molecule has 0 saturated heterocycles. The van der Waals surface area contributed by atoms with E-state index in [1.165, 1.54) is 0 Å². The Morgan fingerprint density at radius 1 is 1.36 bits per heavy atom. The number of benzene rings is 1. The maximum Gasteiger partial charge on any atom is 0.209 e. The third-order valence-corrected chi connectivity index (χ3v) is 4.25. The fraction of sp³-hybridized carbons (Fsp3) is 0.562. The maximum atomic E-state index is 11.4. The summed E-state index contributed by atoms with van der Waals surface area (Å²) in [6.07, 6.45) is 1.15. The van der Waals surface area contributed by atoms with Crippen molar-refractivity contribution in [2.24, 2.45) is 4.99 Å². The summed E-state index contributed by atoms with van der Waals surface area (Å²) >= 11 is 6.02. The molecule has 0 aliphatic rings. The number of halogens is 2. The van der Waals surface area contributed by atoms with Crippen LogP contribution in [-0.2, 0) is 16.6 Å². The maximum absolute atomic E-state index is 11.4. The topological polar surface area (TPSA) is 73.8 Å². The lowest BCUT2D eigenvalue weighted by Gasteiger charge is -2.26. The van der Waals surface area contributed by atoms with Crippen molar-refractivity contribution in [3.8, 4) is 0 Å². The van der Waals surface area contributed by atoms with Crippen molar-refractivity contribution in [1.29, 1.82) is 0 Å². The van der Waals surface area contributed by atoms with Crippen LogP contribution in [0, 0.1) is 0 Å². The highest BCUT2D eigenvalue weighted by Crippen LogP contribution is 2.12. The first-order valence-corrected chi connectivity index (χ1v) is 10.0. The van der Waals surface area contributed by atoms with Crippen LogP contribution >= 0.6 is 35.6 Å². The van der Waals surface area contributed by atoms with Gasteiger partial charge in [0.05, 0.1) is 12.8 Å². The largest absolute Gasteiger partial charge is 0.357 e. The van der Waals surface area contributed by atoms with Crippen LogP contribution in [0.1, 0.15) is 26.3 Å². The van der Waals surface area contributed by atoms with Gasteiger partial charge in [0.2, 0.25) is 10.0 Å². The molecule has 0 atom stereocenters. The first-order chi connectivity index (χ1) is 11.0. The number of hydrogen-bond acceptors (Lipinski definition) is 3. The van der Waals surface area contributed by atoms with Gasteiger partial charge in [-0.1, -0.05) is 23.7 Å². The summed E-state index contributed by atoms with van der Waals surface area (Å²) in [6.45, 7) is 7.28. The Hall–Kier alpha value is -0.580. The first-order valence-electron chi connectivity index (χ1n) is 7.75. The quantitative estimate of drug-likeness (QED) is 0.342. The van der Waals surface area contributed by atoms with E-state index in [-0.39, 0.29) is 24.0 Å². The van der Waals surface area contributed by atoms with Crippen LogP contribution in [0.15, 0.2) is 29.3 Å². The predicted molar refractivity (Wildman–Crippen MR) is 116 cm³/mol. The molecule has 2 N–H and O–H groups in total. The minimum Gasteiger partial charge on any atom is -0.357 e. The third-order valence-electron chi connectivity index (χ3n) is 3.09. The van der Waals surface area contributed by atoms with E-state index >= 15 is 0 Å². The molecule has 0 radical (unpaired) electrons. The molecular weight excluding hydrogens is 475 g/mol. The zero-order valence-corrected chi connectivity index (χ0v) is 19.2. The molecule has 0 saturated carbocycles. The molecular formula is C16H28ClIN4O2S. The Bertz CT molecular complexity index is 680. The number of guanidine groups is 1. The van der Waals surface area contributed by atoms with Crippen LogP contribution < -0.4 is 10.0 Å². The number of sulfonamides is 1. The zero-order chi connectivity index (χ0) is 18.4. The van der Waals surface area contributed by atoms with Gasteiger partial charge in [0.1, 0.15) is 0 Å². The summed E-state index contributed by atoms with van der Waals surface area (Å²) in [5.74, 6) is 0.709. The number of nitrogens with zero attached hydrogens (tertiary/aromatic N) is 2. The Kier molecular flexibility index (Phi) is 10.3. The van der Waals surface area contributed by atoms with Crippen molar-refractivity contribution in [3.63, 3.8) is 0 Å². The monoisotopic (exact) mass is 502 g/mol. The lowest BCUT2D eigenvalue weighted by atomic mass is 10.1. The molecule has 144 valence electrons.